The van der Waals surface area contributed by atoms with Gasteiger partial charge in [-0.1, -0.05) is 18.2 Å². The van der Waals surface area contributed by atoms with Crippen molar-refractivity contribution < 1.29 is 4.79 Å². The minimum Gasteiger partial charge on any atom is -0.334 e. The maximum absolute atomic E-state index is 13.2. The second kappa shape index (κ2) is 11.8. The third-order valence-corrected chi connectivity index (χ3v) is 4.58. The number of carbonyl (C=O) groups excluding carboxylic acids is 1. The predicted octanol–water partition coefficient (Wildman–Crippen LogP) is 3.74. The van der Waals surface area contributed by atoms with Crippen molar-refractivity contribution >= 4 is 18.3 Å². The van der Waals surface area contributed by atoms with Crippen molar-refractivity contribution in [2.24, 2.45) is 5.92 Å². The van der Waals surface area contributed by atoms with Crippen molar-refractivity contribution in [3.8, 4) is 0 Å². The van der Waals surface area contributed by atoms with Gasteiger partial charge in [-0.05, 0) is 57.3 Å². The van der Waals surface area contributed by atoms with E-state index in [9.17, 15) is 4.79 Å². The fraction of sp³-hybridized carbons (Fsp3) is 0.500. The number of nitrogens with zero attached hydrogens (tertiary/aromatic N) is 2. The maximum atomic E-state index is 13.2. The Hall–Kier alpha value is -1.65. The Morgan fingerprint density at radius 1 is 1.28 bits per heavy atom. The molecule has 0 bridgehead atoms. The Balaban J connectivity index is 0.00000312. The zero-order valence-electron chi connectivity index (χ0n) is 14.9. The Morgan fingerprint density at radius 2 is 2.04 bits per heavy atom. The first kappa shape index (κ1) is 21.4. The van der Waals surface area contributed by atoms with Crippen LogP contribution in [0.3, 0.4) is 0 Å². The van der Waals surface area contributed by atoms with E-state index in [0.717, 1.165) is 38.0 Å². The molecule has 0 aliphatic carbocycles. The summed E-state index contributed by atoms with van der Waals surface area (Å²) in [6.45, 7) is 10.2. The Morgan fingerprint density at radius 3 is 2.68 bits per heavy atom. The van der Waals surface area contributed by atoms with E-state index in [1.807, 2.05) is 35.3 Å². The number of hydrogen-bond acceptors (Lipinski definition) is 3. The number of nitrogens with one attached hydrogen (secondary N) is 1. The second-order valence-corrected chi connectivity index (χ2v) is 6.37. The van der Waals surface area contributed by atoms with Crippen LogP contribution in [0, 0.1) is 5.92 Å². The van der Waals surface area contributed by atoms with Crippen LogP contribution in [0.5, 0.6) is 0 Å². The topological polar surface area (TPSA) is 45.2 Å². The van der Waals surface area contributed by atoms with Crippen molar-refractivity contribution in [2.45, 2.75) is 44.7 Å². The van der Waals surface area contributed by atoms with Gasteiger partial charge < -0.3 is 10.2 Å². The molecule has 0 aromatic carbocycles. The summed E-state index contributed by atoms with van der Waals surface area (Å²) in [4.78, 5) is 19.7. The van der Waals surface area contributed by atoms with Crippen LogP contribution in [0.2, 0.25) is 0 Å². The lowest BCUT2D eigenvalue weighted by molar-refractivity contribution is -0.138. The minimum atomic E-state index is -0.0695. The summed E-state index contributed by atoms with van der Waals surface area (Å²) < 4.78 is 0. The number of rotatable bonds is 8. The number of hydrogen-bond donors (Lipinski definition) is 1. The van der Waals surface area contributed by atoms with Gasteiger partial charge in [0.05, 0.1) is 12.2 Å². The normalized spacial score (nSPS) is 17.2. The molecule has 1 N–H and O–H groups in total. The predicted molar refractivity (Wildman–Crippen MR) is 106 cm³/mol. The van der Waals surface area contributed by atoms with E-state index in [1.54, 1.807) is 6.20 Å². The molecule has 2 heterocycles. The first-order valence-electron chi connectivity index (χ1n) is 8.89. The number of carbonyl (C=O) groups is 1. The van der Waals surface area contributed by atoms with E-state index in [2.05, 4.69) is 23.5 Å². The summed E-state index contributed by atoms with van der Waals surface area (Å²) in [5.41, 5.74) is 0.944. The maximum Gasteiger partial charge on any atom is 0.226 e. The third-order valence-electron chi connectivity index (χ3n) is 4.58. The molecule has 25 heavy (non-hydrogen) atoms. The molecule has 0 saturated carbocycles. The molecule has 138 valence electrons. The van der Waals surface area contributed by atoms with E-state index in [1.165, 1.54) is 0 Å². The van der Waals surface area contributed by atoms with Crippen molar-refractivity contribution in [1.29, 1.82) is 0 Å². The van der Waals surface area contributed by atoms with Crippen LogP contribution in [0.4, 0.5) is 0 Å². The molecule has 1 atom stereocenters. The van der Waals surface area contributed by atoms with E-state index in [-0.39, 0.29) is 30.3 Å². The molecular formula is C20H30ClN3O. The summed E-state index contributed by atoms with van der Waals surface area (Å²) >= 11 is 0. The molecule has 0 spiro atoms. The van der Waals surface area contributed by atoms with E-state index in [4.69, 9.17) is 0 Å². The Labute approximate surface area is 157 Å². The minimum absolute atomic E-state index is 0. The standard InChI is InChI=1S/C20H29N3O.ClH/c1-3-8-17(9-4-2)20(24)23(16-18-10-5-6-14-22-18)19-11-7-13-21-15-12-19;/h3-6,10,14,17,19,21H,1-2,7-9,11-13,15-16H2;1H. The molecule has 0 radical (unpaired) electrons. The lowest BCUT2D eigenvalue weighted by Gasteiger charge is -2.33. The molecule has 1 amide bonds. The summed E-state index contributed by atoms with van der Waals surface area (Å²) in [6.07, 6.45) is 9.97. The highest BCUT2D eigenvalue weighted by molar-refractivity contribution is 5.85. The van der Waals surface area contributed by atoms with Gasteiger partial charge in [-0.2, -0.15) is 0 Å². The van der Waals surface area contributed by atoms with E-state index < -0.39 is 0 Å². The smallest absolute Gasteiger partial charge is 0.226 e. The number of pyridine rings is 1. The lowest BCUT2D eigenvalue weighted by Crippen LogP contribution is -2.43. The Kier molecular flexibility index (Phi) is 10.1. The van der Waals surface area contributed by atoms with E-state index in [0.29, 0.717) is 19.4 Å². The molecular weight excluding hydrogens is 334 g/mol. The number of amides is 1. The van der Waals surface area contributed by atoms with Gasteiger partial charge in [0.2, 0.25) is 5.91 Å². The second-order valence-electron chi connectivity index (χ2n) is 6.37. The quantitative estimate of drug-likeness (QED) is 0.715. The molecule has 1 unspecified atom stereocenters. The van der Waals surface area contributed by atoms with Gasteiger partial charge in [0.25, 0.3) is 0 Å². The zero-order chi connectivity index (χ0) is 17.2. The van der Waals surface area contributed by atoms with Crippen molar-refractivity contribution in [3.63, 3.8) is 0 Å². The lowest BCUT2D eigenvalue weighted by atomic mass is 9.97. The van der Waals surface area contributed by atoms with Crippen LogP contribution in [-0.2, 0) is 11.3 Å². The first-order valence-corrected chi connectivity index (χ1v) is 8.89. The number of halogens is 1. The molecule has 1 aliphatic rings. The summed E-state index contributed by atoms with van der Waals surface area (Å²) in [6, 6.07) is 6.14. The van der Waals surface area contributed by atoms with Gasteiger partial charge in [-0.25, -0.2) is 0 Å². The van der Waals surface area contributed by atoms with Gasteiger partial charge >= 0.3 is 0 Å². The van der Waals surface area contributed by atoms with Crippen LogP contribution in [-0.4, -0.2) is 34.9 Å². The molecule has 1 fully saturated rings. The van der Waals surface area contributed by atoms with E-state index >= 15 is 0 Å². The fourth-order valence-electron chi connectivity index (χ4n) is 3.30. The zero-order valence-corrected chi connectivity index (χ0v) is 15.7. The Bertz CT molecular complexity index is 517. The molecule has 1 saturated heterocycles. The van der Waals surface area contributed by atoms with Gasteiger partial charge in [0.1, 0.15) is 0 Å². The highest BCUT2D eigenvalue weighted by Gasteiger charge is 2.29. The summed E-state index contributed by atoms with van der Waals surface area (Å²) in [7, 11) is 0. The highest BCUT2D eigenvalue weighted by Crippen LogP contribution is 2.22. The molecule has 1 aromatic heterocycles. The van der Waals surface area contributed by atoms with Crippen molar-refractivity contribution in [3.05, 3.63) is 55.4 Å². The molecule has 2 rings (SSSR count). The van der Waals surface area contributed by atoms with Gasteiger partial charge in [0.15, 0.2) is 0 Å². The van der Waals surface area contributed by atoms with Crippen LogP contribution in [0.1, 0.15) is 37.8 Å². The highest BCUT2D eigenvalue weighted by atomic mass is 35.5. The third kappa shape index (κ3) is 6.63. The summed E-state index contributed by atoms with van der Waals surface area (Å²) in [5.74, 6) is 0.132. The van der Waals surface area contributed by atoms with Gasteiger partial charge in [-0.3, -0.25) is 9.78 Å². The van der Waals surface area contributed by atoms with Crippen molar-refractivity contribution in [1.82, 2.24) is 15.2 Å². The van der Waals surface area contributed by atoms with Crippen molar-refractivity contribution in [2.75, 3.05) is 13.1 Å². The number of allylic oxidation sites excluding steroid dienone is 2. The molecule has 4 nitrogen and oxygen atoms in total. The molecule has 5 heteroatoms. The number of aromatic nitrogens is 1. The van der Waals surface area contributed by atoms with Gasteiger partial charge in [-0.15, -0.1) is 25.6 Å². The molecule has 1 aliphatic heterocycles. The SMILES string of the molecule is C=CCC(CC=C)C(=O)N(Cc1ccccn1)C1CCCNCC1.Cl. The first-order chi connectivity index (χ1) is 11.8. The van der Waals surface area contributed by atoms with Crippen LogP contribution in [0.15, 0.2) is 49.7 Å². The average molecular weight is 364 g/mol. The summed E-state index contributed by atoms with van der Waals surface area (Å²) in [5, 5.41) is 3.43. The van der Waals surface area contributed by atoms with Crippen LogP contribution >= 0.6 is 12.4 Å². The van der Waals surface area contributed by atoms with Crippen LogP contribution < -0.4 is 5.32 Å². The largest absolute Gasteiger partial charge is 0.334 e. The average Bonchev–Trinajstić information content (AvgIpc) is 2.89. The monoisotopic (exact) mass is 363 g/mol. The fourth-order valence-corrected chi connectivity index (χ4v) is 3.30. The van der Waals surface area contributed by atoms with Crippen LogP contribution in [0.25, 0.3) is 0 Å². The van der Waals surface area contributed by atoms with Gasteiger partial charge in [0, 0.05) is 18.2 Å². The molecule has 1 aromatic rings.